The van der Waals surface area contributed by atoms with Crippen molar-refractivity contribution in [3.05, 3.63) is 30.1 Å². The van der Waals surface area contributed by atoms with Gasteiger partial charge in [-0.25, -0.2) is 4.98 Å². The van der Waals surface area contributed by atoms with Crippen LogP contribution in [0.2, 0.25) is 0 Å². The highest BCUT2D eigenvalue weighted by Crippen LogP contribution is 2.27. The lowest BCUT2D eigenvalue weighted by molar-refractivity contribution is -0.137. The van der Waals surface area contributed by atoms with E-state index in [-0.39, 0.29) is 11.8 Å². The zero-order valence-corrected chi connectivity index (χ0v) is 14.4. The highest BCUT2D eigenvalue weighted by atomic mass is 16.2. The fourth-order valence-corrected chi connectivity index (χ4v) is 3.70. The number of aromatic amines is 1. The minimum absolute atomic E-state index is 0.191. The van der Waals surface area contributed by atoms with E-state index in [0.717, 1.165) is 55.8 Å². The fraction of sp³-hybridized carbons (Fsp3) is 0.526. The number of rotatable bonds is 5. The molecule has 2 amide bonds. The summed E-state index contributed by atoms with van der Waals surface area (Å²) in [6.07, 6.45) is 4.04. The summed E-state index contributed by atoms with van der Waals surface area (Å²) < 4.78 is 0. The van der Waals surface area contributed by atoms with Crippen molar-refractivity contribution < 1.29 is 9.59 Å². The topological polar surface area (TPSA) is 69.3 Å². The summed E-state index contributed by atoms with van der Waals surface area (Å²) in [6.45, 7) is 3.04. The molecule has 6 heteroatoms. The Balaban J connectivity index is 1.23. The number of fused-ring (bicyclic) bond motifs is 1. The molecule has 0 aliphatic carbocycles. The summed E-state index contributed by atoms with van der Waals surface area (Å²) in [5.41, 5.74) is 2.03. The Morgan fingerprint density at radius 2 is 2.08 bits per heavy atom. The second-order valence-corrected chi connectivity index (χ2v) is 7.08. The number of aromatic nitrogens is 2. The highest BCUT2D eigenvalue weighted by Gasteiger charge is 2.33. The number of amides is 2. The van der Waals surface area contributed by atoms with E-state index in [9.17, 15) is 9.59 Å². The monoisotopic (exact) mass is 340 g/mol. The summed E-state index contributed by atoms with van der Waals surface area (Å²) in [6, 6.07) is 8.00. The Bertz CT molecular complexity index is 746. The molecule has 2 fully saturated rings. The number of carbonyl (C=O) groups excluding carboxylic acids is 2. The van der Waals surface area contributed by atoms with Gasteiger partial charge >= 0.3 is 0 Å². The lowest BCUT2D eigenvalue weighted by Gasteiger charge is -2.38. The molecule has 25 heavy (non-hydrogen) atoms. The van der Waals surface area contributed by atoms with E-state index in [4.69, 9.17) is 0 Å². The predicted molar refractivity (Wildman–Crippen MR) is 95.1 cm³/mol. The molecule has 132 valence electrons. The number of hydrogen-bond acceptors (Lipinski definition) is 3. The number of nitrogens with one attached hydrogen (secondary N) is 1. The fourth-order valence-electron chi connectivity index (χ4n) is 3.70. The highest BCUT2D eigenvalue weighted by molar-refractivity contribution is 5.79. The van der Waals surface area contributed by atoms with Gasteiger partial charge in [-0.05, 0) is 31.4 Å². The first-order valence-corrected chi connectivity index (χ1v) is 9.21. The molecule has 0 unspecified atom stereocenters. The lowest BCUT2D eigenvalue weighted by Crippen LogP contribution is -2.49. The number of imidazole rings is 1. The van der Waals surface area contributed by atoms with Crippen LogP contribution in [0.15, 0.2) is 24.3 Å². The number of hydrogen-bond donors (Lipinski definition) is 1. The molecule has 2 aliphatic heterocycles. The maximum atomic E-state index is 12.3. The molecular formula is C19H24N4O2. The number of likely N-dealkylation sites (tertiary alicyclic amines) is 2. The first-order valence-electron chi connectivity index (χ1n) is 9.21. The molecule has 0 spiro atoms. The minimum Gasteiger partial charge on any atom is -0.343 e. The van der Waals surface area contributed by atoms with E-state index >= 15 is 0 Å². The van der Waals surface area contributed by atoms with Crippen molar-refractivity contribution in [1.82, 2.24) is 19.8 Å². The van der Waals surface area contributed by atoms with Crippen LogP contribution in [0.25, 0.3) is 11.0 Å². The van der Waals surface area contributed by atoms with E-state index in [2.05, 4.69) is 9.97 Å². The second kappa shape index (κ2) is 6.86. The van der Waals surface area contributed by atoms with E-state index in [1.165, 1.54) is 0 Å². The average molecular weight is 340 g/mol. The van der Waals surface area contributed by atoms with Gasteiger partial charge in [-0.3, -0.25) is 9.59 Å². The van der Waals surface area contributed by atoms with Crippen molar-refractivity contribution in [3.63, 3.8) is 0 Å². The molecule has 4 rings (SSSR count). The third-order valence-corrected chi connectivity index (χ3v) is 5.27. The first-order chi connectivity index (χ1) is 12.2. The number of benzene rings is 1. The average Bonchev–Trinajstić information content (AvgIpc) is 2.98. The first kappa shape index (κ1) is 16.1. The molecule has 0 saturated carbocycles. The number of para-hydroxylation sites is 2. The Morgan fingerprint density at radius 1 is 1.24 bits per heavy atom. The second-order valence-electron chi connectivity index (χ2n) is 7.08. The molecule has 1 N–H and O–H groups in total. The van der Waals surface area contributed by atoms with Gasteiger partial charge in [0.15, 0.2) is 0 Å². The number of nitrogens with zero attached hydrogens (tertiary/aromatic N) is 3. The molecule has 2 aliphatic rings. The summed E-state index contributed by atoms with van der Waals surface area (Å²) >= 11 is 0. The summed E-state index contributed by atoms with van der Waals surface area (Å²) in [5, 5.41) is 0. The molecule has 1 aromatic carbocycles. The van der Waals surface area contributed by atoms with Crippen LogP contribution >= 0.6 is 0 Å². The van der Waals surface area contributed by atoms with Crippen molar-refractivity contribution in [1.29, 1.82) is 0 Å². The standard InChI is InChI=1S/C19H24N4O2/c24-17-8-3-4-10-22(17)11-5-9-18(25)23-12-14(13-23)19-20-15-6-1-2-7-16(15)21-19/h1-2,6-7,14H,3-5,8-13H2,(H,20,21). The normalized spacial score (nSPS) is 18.6. The molecule has 3 heterocycles. The van der Waals surface area contributed by atoms with Crippen LogP contribution in [0.5, 0.6) is 0 Å². The van der Waals surface area contributed by atoms with Crippen LogP contribution in [0.1, 0.15) is 43.8 Å². The van der Waals surface area contributed by atoms with Crippen LogP contribution in [0.4, 0.5) is 0 Å². The summed E-state index contributed by atoms with van der Waals surface area (Å²) in [4.78, 5) is 35.8. The van der Waals surface area contributed by atoms with E-state index < -0.39 is 0 Å². The van der Waals surface area contributed by atoms with Gasteiger partial charge in [0, 0.05) is 39.0 Å². The summed E-state index contributed by atoms with van der Waals surface area (Å²) in [7, 11) is 0. The molecule has 1 aromatic heterocycles. The third-order valence-electron chi connectivity index (χ3n) is 5.27. The van der Waals surface area contributed by atoms with E-state index in [1.807, 2.05) is 34.1 Å². The molecule has 2 saturated heterocycles. The predicted octanol–water partition coefficient (Wildman–Crippen LogP) is 2.28. The quantitative estimate of drug-likeness (QED) is 0.908. The zero-order valence-electron chi connectivity index (χ0n) is 14.4. The van der Waals surface area contributed by atoms with Crippen LogP contribution < -0.4 is 0 Å². The Morgan fingerprint density at radius 3 is 2.88 bits per heavy atom. The molecule has 0 bridgehead atoms. The molecule has 0 atom stereocenters. The maximum absolute atomic E-state index is 12.3. The third kappa shape index (κ3) is 3.38. The van der Waals surface area contributed by atoms with Gasteiger partial charge in [0.05, 0.1) is 17.0 Å². The Hall–Kier alpha value is -2.37. The van der Waals surface area contributed by atoms with Gasteiger partial charge in [-0.1, -0.05) is 12.1 Å². The maximum Gasteiger partial charge on any atom is 0.222 e. The van der Waals surface area contributed by atoms with E-state index in [1.54, 1.807) is 0 Å². The minimum atomic E-state index is 0.191. The Kier molecular flexibility index (Phi) is 4.42. The van der Waals surface area contributed by atoms with Gasteiger partial charge in [0.25, 0.3) is 0 Å². The van der Waals surface area contributed by atoms with Crippen molar-refractivity contribution in [2.75, 3.05) is 26.2 Å². The number of H-pyrrole nitrogens is 1. The SMILES string of the molecule is O=C1CCCCN1CCCC(=O)N1CC(c2nc3ccccc3[nH]2)C1. The smallest absolute Gasteiger partial charge is 0.222 e. The van der Waals surface area contributed by atoms with Crippen LogP contribution in [0.3, 0.4) is 0 Å². The lowest BCUT2D eigenvalue weighted by atomic mass is 9.98. The zero-order chi connectivity index (χ0) is 17.2. The molecule has 6 nitrogen and oxygen atoms in total. The molecule has 2 aromatic rings. The van der Waals surface area contributed by atoms with Gasteiger partial charge in [-0.2, -0.15) is 0 Å². The largest absolute Gasteiger partial charge is 0.343 e. The van der Waals surface area contributed by atoms with Crippen molar-refractivity contribution in [3.8, 4) is 0 Å². The van der Waals surface area contributed by atoms with Gasteiger partial charge < -0.3 is 14.8 Å². The molecular weight excluding hydrogens is 316 g/mol. The van der Waals surface area contributed by atoms with E-state index in [0.29, 0.717) is 25.3 Å². The van der Waals surface area contributed by atoms with Crippen molar-refractivity contribution in [2.24, 2.45) is 0 Å². The van der Waals surface area contributed by atoms with Gasteiger partial charge in [0.1, 0.15) is 5.82 Å². The number of piperidine rings is 1. The number of carbonyl (C=O) groups is 2. The Labute approximate surface area is 147 Å². The van der Waals surface area contributed by atoms with Gasteiger partial charge in [-0.15, -0.1) is 0 Å². The van der Waals surface area contributed by atoms with Crippen LogP contribution in [-0.4, -0.2) is 57.8 Å². The van der Waals surface area contributed by atoms with Gasteiger partial charge in [0.2, 0.25) is 11.8 Å². The van der Waals surface area contributed by atoms with Crippen LogP contribution in [0, 0.1) is 0 Å². The van der Waals surface area contributed by atoms with Crippen molar-refractivity contribution in [2.45, 2.75) is 38.0 Å². The van der Waals surface area contributed by atoms with Crippen LogP contribution in [-0.2, 0) is 9.59 Å². The molecule has 0 radical (unpaired) electrons. The van der Waals surface area contributed by atoms with Crippen molar-refractivity contribution >= 4 is 22.8 Å². The summed E-state index contributed by atoms with van der Waals surface area (Å²) in [5.74, 6) is 1.72.